The molecule has 1 saturated heterocycles. The van der Waals surface area contributed by atoms with Crippen molar-refractivity contribution in [3.8, 4) is 0 Å². The summed E-state index contributed by atoms with van der Waals surface area (Å²) in [6, 6.07) is -0.280. The van der Waals surface area contributed by atoms with Gasteiger partial charge in [0.2, 0.25) is 0 Å². The van der Waals surface area contributed by atoms with Crippen LogP contribution in [0.1, 0.15) is 40.5 Å². The molecule has 0 aromatic carbocycles. The molecule has 1 heterocycles. The van der Waals surface area contributed by atoms with Crippen molar-refractivity contribution < 1.29 is 19.1 Å². The number of esters is 1. The SMILES string of the molecule is CCOC(=O)C1C[C@@H]2CC2N1C(=O)OC(C)(C)C. The predicted octanol–water partition coefficient (Wildman–Crippen LogP) is 1.95. The van der Waals surface area contributed by atoms with E-state index in [0.29, 0.717) is 18.9 Å². The maximum atomic E-state index is 12.1. The van der Waals surface area contributed by atoms with Crippen LogP contribution in [0.25, 0.3) is 0 Å². The number of ether oxygens (including phenoxy) is 2. The predicted molar refractivity (Wildman–Crippen MR) is 65.0 cm³/mol. The number of rotatable bonds is 2. The molecule has 0 spiro atoms. The van der Waals surface area contributed by atoms with Gasteiger partial charge in [-0.3, -0.25) is 4.90 Å². The van der Waals surface area contributed by atoms with Crippen molar-refractivity contribution in [3.63, 3.8) is 0 Å². The van der Waals surface area contributed by atoms with Crippen molar-refractivity contribution in [2.45, 2.75) is 58.2 Å². The molecule has 1 aliphatic heterocycles. The molecule has 2 fully saturated rings. The summed E-state index contributed by atoms with van der Waals surface area (Å²) in [4.78, 5) is 25.5. The van der Waals surface area contributed by atoms with Gasteiger partial charge in [0.15, 0.2) is 0 Å². The smallest absolute Gasteiger partial charge is 0.411 e. The highest BCUT2D eigenvalue weighted by Gasteiger charge is 2.57. The van der Waals surface area contributed by atoms with Crippen LogP contribution in [0.4, 0.5) is 4.79 Å². The lowest BCUT2D eigenvalue weighted by Crippen LogP contribution is -2.46. The van der Waals surface area contributed by atoms with E-state index in [9.17, 15) is 9.59 Å². The fourth-order valence-corrected chi connectivity index (χ4v) is 2.48. The van der Waals surface area contributed by atoms with Crippen molar-refractivity contribution in [1.82, 2.24) is 4.90 Å². The Bertz CT molecular complexity index is 360. The third kappa shape index (κ3) is 2.60. The molecule has 1 amide bonds. The molecule has 3 atom stereocenters. The van der Waals surface area contributed by atoms with E-state index in [0.717, 1.165) is 6.42 Å². The largest absolute Gasteiger partial charge is 0.464 e. The summed E-state index contributed by atoms with van der Waals surface area (Å²) in [6.07, 6.45) is 1.29. The molecule has 102 valence electrons. The zero-order valence-electron chi connectivity index (χ0n) is 11.4. The van der Waals surface area contributed by atoms with E-state index in [1.54, 1.807) is 11.8 Å². The number of carbonyl (C=O) groups excluding carboxylic acids is 2. The van der Waals surface area contributed by atoms with Crippen molar-refractivity contribution in [2.75, 3.05) is 6.61 Å². The zero-order valence-corrected chi connectivity index (χ0v) is 11.4. The summed E-state index contributed by atoms with van der Waals surface area (Å²) in [6.45, 7) is 7.58. The molecule has 0 N–H and O–H groups in total. The molecular weight excluding hydrogens is 234 g/mol. The van der Waals surface area contributed by atoms with Crippen molar-refractivity contribution >= 4 is 12.1 Å². The first-order valence-corrected chi connectivity index (χ1v) is 6.51. The Morgan fingerprint density at radius 1 is 1.28 bits per heavy atom. The lowest BCUT2D eigenvalue weighted by molar-refractivity contribution is -0.148. The normalized spacial score (nSPS) is 29.8. The Morgan fingerprint density at radius 3 is 2.50 bits per heavy atom. The van der Waals surface area contributed by atoms with E-state index in [2.05, 4.69) is 0 Å². The molecule has 1 saturated carbocycles. The molecule has 5 heteroatoms. The van der Waals surface area contributed by atoms with Gasteiger partial charge in [0, 0.05) is 6.04 Å². The van der Waals surface area contributed by atoms with Crippen LogP contribution in [-0.2, 0) is 14.3 Å². The van der Waals surface area contributed by atoms with Crippen LogP contribution in [0.5, 0.6) is 0 Å². The molecule has 2 aliphatic rings. The Morgan fingerprint density at radius 2 is 1.94 bits per heavy atom. The first-order chi connectivity index (χ1) is 8.33. The lowest BCUT2D eigenvalue weighted by atomic mass is 10.1. The van der Waals surface area contributed by atoms with Gasteiger partial charge in [0.25, 0.3) is 0 Å². The van der Waals surface area contributed by atoms with Crippen LogP contribution >= 0.6 is 0 Å². The van der Waals surface area contributed by atoms with Crippen molar-refractivity contribution in [3.05, 3.63) is 0 Å². The molecular formula is C13H21NO4. The van der Waals surface area contributed by atoms with Gasteiger partial charge in [-0.05, 0) is 46.5 Å². The summed E-state index contributed by atoms with van der Waals surface area (Å²) in [5.74, 6) is 0.141. The highest BCUT2D eigenvalue weighted by atomic mass is 16.6. The van der Waals surface area contributed by atoms with Gasteiger partial charge >= 0.3 is 12.1 Å². The summed E-state index contributed by atoms with van der Waals surface area (Å²) in [7, 11) is 0. The van der Waals surface area contributed by atoms with Gasteiger partial charge in [-0.25, -0.2) is 9.59 Å². The number of carbonyl (C=O) groups is 2. The number of hydrogen-bond acceptors (Lipinski definition) is 4. The van der Waals surface area contributed by atoms with Gasteiger partial charge in [-0.2, -0.15) is 0 Å². The second kappa shape index (κ2) is 4.44. The van der Waals surface area contributed by atoms with Crippen molar-refractivity contribution in [2.24, 2.45) is 5.92 Å². The zero-order chi connectivity index (χ0) is 13.5. The standard InChI is InChI=1S/C13H21NO4/c1-5-17-11(15)10-7-8-6-9(8)14(10)12(16)18-13(2,3)4/h8-10H,5-7H2,1-4H3/t8-,9?,10?/m0/s1. The Balaban J connectivity index is 2.04. The van der Waals surface area contributed by atoms with Crippen LogP contribution in [0.15, 0.2) is 0 Å². The fraction of sp³-hybridized carbons (Fsp3) is 0.846. The Kier molecular flexibility index (Phi) is 3.25. The molecule has 5 nitrogen and oxygen atoms in total. The van der Waals surface area contributed by atoms with Crippen LogP contribution < -0.4 is 0 Å². The van der Waals surface area contributed by atoms with E-state index in [1.165, 1.54) is 0 Å². The quantitative estimate of drug-likeness (QED) is 0.708. The molecule has 0 radical (unpaired) electrons. The van der Waals surface area contributed by atoms with Gasteiger partial charge in [-0.1, -0.05) is 0 Å². The second-order valence-electron chi connectivity index (χ2n) is 5.95. The third-order valence-electron chi connectivity index (χ3n) is 3.27. The van der Waals surface area contributed by atoms with Crippen LogP contribution in [0.2, 0.25) is 0 Å². The minimum atomic E-state index is -0.538. The molecule has 0 bridgehead atoms. The summed E-state index contributed by atoms with van der Waals surface area (Å²) >= 11 is 0. The van der Waals surface area contributed by atoms with Crippen molar-refractivity contribution in [1.29, 1.82) is 0 Å². The molecule has 1 aliphatic carbocycles. The first-order valence-electron chi connectivity index (χ1n) is 6.51. The molecule has 0 aromatic rings. The molecule has 2 rings (SSSR count). The fourth-order valence-electron chi connectivity index (χ4n) is 2.48. The Labute approximate surface area is 107 Å². The van der Waals surface area contributed by atoms with E-state index in [4.69, 9.17) is 9.47 Å². The highest BCUT2D eigenvalue weighted by Crippen LogP contribution is 2.48. The van der Waals surface area contributed by atoms with Gasteiger partial charge in [-0.15, -0.1) is 0 Å². The first kappa shape index (κ1) is 13.2. The van der Waals surface area contributed by atoms with E-state index >= 15 is 0 Å². The average molecular weight is 255 g/mol. The minimum Gasteiger partial charge on any atom is -0.464 e. The summed E-state index contributed by atoms with van der Waals surface area (Å²) in [5, 5.41) is 0. The minimum absolute atomic E-state index is 0.175. The van der Waals surface area contributed by atoms with Crippen LogP contribution in [0.3, 0.4) is 0 Å². The van der Waals surface area contributed by atoms with E-state index < -0.39 is 17.7 Å². The number of nitrogens with zero attached hydrogens (tertiary/aromatic N) is 1. The van der Waals surface area contributed by atoms with E-state index in [1.807, 2.05) is 20.8 Å². The number of likely N-dealkylation sites (tertiary alicyclic amines) is 1. The number of amides is 1. The summed E-state index contributed by atoms with van der Waals surface area (Å²) in [5.41, 5.74) is -0.538. The van der Waals surface area contributed by atoms with Crippen LogP contribution in [-0.4, -0.2) is 41.3 Å². The lowest BCUT2D eigenvalue weighted by Gasteiger charge is -2.29. The average Bonchev–Trinajstić information content (AvgIpc) is 2.86. The number of fused-ring (bicyclic) bond motifs is 1. The highest BCUT2D eigenvalue weighted by molar-refractivity contribution is 5.83. The van der Waals surface area contributed by atoms with Crippen LogP contribution in [0, 0.1) is 5.92 Å². The Hall–Kier alpha value is -1.26. The third-order valence-corrected chi connectivity index (χ3v) is 3.27. The summed E-state index contributed by atoms with van der Waals surface area (Å²) < 4.78 is 10.4. The molecule has 2 unspecified atom stereocenters. The van der Waals surface area contributed by atoms with Gasteiger partial charge < -0.3 is 9.47 Å². The number of piperidine rings is 1. The molecule has 18 heavy (non-hydrogen) atoms. The maximum absolute atomic E-state index is 12.1. The molecule has 0 aromatic heterocycles. The maximum Gasteiger partial charge on any atom is 0.411 e. The van der Waals surface area contributed by atoms with Gasteiger partial charge in [0.1, 0.15) is 11.6 Å². The monoisotopic (exact) mass is 255 g/mol. The van der Waals surface area contributed by atoms with Gasteiger partial charge in [0.05, 0.1) is 6.61 Å². The topological polar surface area (TPSA) is 55.8 Å². The number of hydrogen-bond donors (Lipinski definition) is 0. The second-order valence-corrected chi connectivity index (χ2v) is 5.95. The van der Waals surface area contributed by atoms with E-state index in [-0.39, 0.29) is 12.0 Å².